The third-order valence-electron chi connectivity index (χ3n) is 3.75. The molecule has 0 aromatic rings. The third kappa shape index (κ3) is 3.18. The molecular formula is C13H24O2. The molecule has 2 heteroatoms. The van der Waals surface area contributed by atoms with Gasteiger partial charge >= 0.3 is 0 Å². The number of hydrogen-bond donors (Lipinski definition) is 0. The van der Waals surface area contributed by atoms with E-state index in [1.165, 1.54) is 32.1 Å². The topological polar surface area (TPSA) is 18.5 Å². The molecule has 0 amide bonds. The first-order chi connectivity index (χ1) is 7.25. The Bertz CT molecular complexity index is 175. The van der Waals surface area contributed by atoms with Crippen LogP contribution < -0.4 is 0 Å². The summed E-state index contributed by atoms with van der Waals surface area (Å²) in [6.45, 7) is 4.36. The Balaban J connectivity index is 1.92. The molecule has 1 heterocycles. The third-order valence-corrected chi connectivity index (χ3v) is 3.75. The molecule has 1 aliphatic heterocycles. The smallest absolute Gasteiger partial charge is 0.161 e. The van der Waals surface area contributed by atoms with Crippen molar-refractivity contribution in [2.24, 2.45) is 5.92 Å². The summed E-state index contributed by atoms with van der Waals surface area (Å²) in [6, 6.07) is 0. The lowest BCUT2D eigenvalue weighted by Gasteiger charge is -2.31. The van der Waals surface area contributed by atoms with Gasteiger partial charge < -0.3 is 9.47 Å². The zero-order valence-corrected chi connectivity index (χ0v) is 10.1. The molecule has 88 valence electrons. The van der Waals surface area contributed by atoms with Crippen LogP contribution in [-0.4, -0.2) is 18.5 Å². The van der Waals surface area contributed by atoms with Crippen molar-refractivity contribution in [2.75, 3.05) is 0 Å². The van der Waals surface area contributed by atoms with E-state index in [2.05, 4.69) is 13.8 Å². The molecule has 2 rings (SSSR count). The van der Waals surface area contributed by atoms with Gasteiger partial charge in [-0.25, -0.2) is 0 Å². The Morgan fingerprint density at radius 2 is 1.27 bits per heavy atom. The molecule has 2 aliphatic rings. The van der Waals surface area contributed by atoms with Crippen molar-refractivity contribution in [3.63, 3.8) is 0 Å². The Morgan fingerprint density at radius 1 is 0.733 bits per heavy atom. The Kier molecular flexibility index (Phi) is 4.04. The Labute approximate surface area is 93.3 Å². The van der Waals surface area contributed by atoms with E-state index < -0.39 is 0 Å². The number of rotatable bonds is 1. The van der Waals surface area contributed by atoms with E-state index in [9.17, 15) is 0 Å². The highest BCUT2D eigenvalue weighted by Gasteiger charge is 2.30. The van der Waals surface area contributed by atoms with Crippen molar-refractivity contribution < 1.29 is 9.47 Å². The molecule has 1 aliphatic carbocycles. The van der Waals surface area contributed by atoms with Crippen LogP contribution in [0, 0.1) is 5.92 Å². The lowest BCUT2D eigenvalue weighted by Crippen LogP contribution is -2.31. The fourth-order valence-electron chi connectivity index (χ4n) is 2.72. The van der Waals surface area contributed by atoms with Crippen LogP contribution in [0.5, 0.6) is 0 Å². The van der Waals surface area contributed by atoms with Crippen LogP contribution in [0.15, 0.2) is 0 Å². The van der Waals surface area contributed by atoms with E-state index in [4.69, 9.17) is 9.47 Å². The van der Waals surface area contributed by atoms with Gasteiger partial charge in [0.25, 0.3) is 0 Å². The summed E-state index contributed by atoms with van der Waals surface area (Å²) in [5.74, 6) is 0.654. The molecular weight excluding hydrogens is 188 g/mol. The van der Waals surface area contributed by atoms with Gasteiger partial charge in [-0.1, -0.05) is 19.3 Å². The van der Waals surface area contributed by atoms with Crippen molar-refractivity contribution >= 4 is 0 Å². The van der Waals surface area contributed by atoms with Crippen LogP contribution in [-0.2, 0) is 9.47 Å². The molecule has 1 saturated carbocycles. The second-order valence-electron chi connectivity index (χ2n) is 5.24. The van der Waals surface area contributed by atoms with Gasteiger partial charge in [-0.05, 0) is 39.5 Å². The molecule has 2 unspecified atom stereocenters. The Hall–Kier alpha value is -0.0800. The van der Waals surface area contributed by atoms with Crippen molar-refractivity contribution in [3.05, 3.63) is 0 Å². The molecule has 2 atom stereocenters. The van der Waals surface area contributed by atoms with Crippen LogP contribution >= 0.6 is 0 Å². The second kappa shape index (κ2) is 5.31. The quantitative estimate of drug-likeness (QED) is 0.662. The van der Waals surface area contributed by atoms with E-state index in [0.29, 0.717) is 18.1 Å². The van der Waals surface area contributed by atoms with Gasteiger partial charge in [0.1, 0.15) is 0 Å². The van der Waals surface area contributed by atoms with E-state index >= 15 is 0 Å². The minimum Gasteiger partial charge on any atom is -0.349 e. The Morgan fingerprint density at radius 3 is 1.80 bits per heavy atom. The lowest BCUT2D eigenvalue weighted by atomic mass is 9.89. The van der Waals surface area contributed by atoms with Crippen LogP contribution in [0.2, 0.25) is 0 Å². The summed E-state index contributed by atoms with van der Waals surface area (Å²) in [5.41, 5.74) is 0. The minimum atomic E-state index is 0.0813. The van der Waals surface area contributed by atoms with Crippen LogP contribution in [0.1, 0.15) is 58.8 Å². The molecule has 0 aromatic heterocycles. The first-order valence-corrected chi connectivity index (χ1v) is 6.56. The maximum Gasteiger partial charge on any atom is 0.161 e. The highest BCUT2D eigenvalue weighted by Crippen LogP contribution is 2.32. The van der Waals surface area contributed by atoms with E-state index in [1.807, 2.05) is 0 Å². The standard InChI is InChI=1S/C13H24O2/c1-10-8-9-11(2)15-13(14-10)12-6-4-3-5-7-12/h10-13H,3-9H2,1-2H3. The predicted octanol–water partition coefficient (Wildman–Crippen LogP) is 3.50. The molecule has 2 nitrogen and oxygen atoms in total. The normalized spacial score (nSPS) is 40.0. The van der Waals surface area contributed by atoms with Gasteiger partial charge in [0.2, 0.25) is 0 Å². The fraction of sp³-hybridized carbons (Fsp3) is 1.00. The molecule has 0 spiro atoms. The van der Waals surface area contributed by atoms with Gasteiger partial charge in [-0.15, -0.1) is 0 Å². The number of hydrogen-bond acceptors (Lipinski definition) is 2. The van der Waals surface area contributed by atoms with E-state index in [-0.39, 0.29) is 6.29 Å². The van der Waals surface area contributed by atoms with Crippen molar-refractivity contribution in [1.29, 1.82) is 0 Å². The summed E-state index contributed by atoms with van der Waals surface area (Å²) in [7, 11) is 0. The van der Waals surface area contributed by atoms with Crippen molar-refractivity contribution in [3.8, 4) is 0 Å². The van der Waals surface area contributed by atoms with Crippen LogP contribution in [0.4, 0.5) is 0 Å². The average Bonchev–Trinajstić information content (AvgIpc) is 2.42. The SMILES string of the molecule is CC1CCC(C)OC(C2CCCCC2)O1. The van der Waals surface area contributed by atoms with Gasteiger partial charge in [-0.3, -0.25) is 0 Å². The molecule has 0 bridgehead atoms. The highest BCUT2D eigenvalue weighted by molar-refractivity contribution is 4.73. The van der Waals surface area contributed by atoms with Crippen LogP contribution in [0.3, 0.4) is 0 Å². The molecule has 2 fully saturated rings. The first kappa shape index (κ1) is 11.4. The summed E-state index contributed by atoms with van der Waals surface area (Å²) >= 11 is 0. The van der Waals surface area contributed by atoms with Gasteiger partial charge in [-0.2, -0.15) is 0 Å². The predicted molar refractivity (Wildman–Crippen MR) is 60.7 cm³/mol. The average molecular weight is 212 g/mol. The zero-order valence-electron chi connectivity index (χ0n) is 10.1. The van der Waals surface area contributed by atoms with Gasteiger partial charge in [0, 0.05) is 5.92 Å². The summed E-state index contributed by atoms with van der Waals surface area (Å²) in [4.78, 5) is 0. The maximum absolute atomic E-state index is 6.00. The maximum atomic E-state index is 6.00. The minimum absolute atomic E-state index is 0.0813. The van der Waals surface area contributed by atoms with E-state index in [0.717, 1.165) is 12.8 Å². The molecule has 15 heavy (non-hydrogen) atoms. The molecule has 1 saturated heterocycles. The number of ether oxygens (including phenoxy) is 2. The fourth-order valence-corrected chi connectivity index (χ4v) is 2.72. The molecule has 0 N–H and O–H groups in total. The largest absolute Gasteiger partial charge is 0.349 e. The summed E-state index contributed by atoms with van der Waals surface area (Å²) in [6.07, 6.45) is 9.83. The molecule has 0 radical (unpaired) electrons. The monoisotopic (exact) mass is 212 g/mol. The van der Waals surface area contributed by atoms with Gasteiger partial charge in [0.05, 0.1) is 12.2 Å². The van der Waals surface area contributed by atoms with Gasteiger partial charge in [0.15, 0.2) is 6.29 Å². The van der Waals surface area contributed by atoms with Crippen molar-refractivity contribution in [2.45, 2.75) is 77.3 Å². The first-order valence-electron chi connectivity index (χ1n) is 6.56. The lowest BCUT2D eigenvalue weighted by molar-refractivity contribution is -0.200. The molecule has 0 aromatic carbocycles. The zero-order chi connectivity index (χ0) is 10.7. The van der Waals surface area contributed by atoms with Crippen LogP contribution in [0.25, 0.3) is 0 Å². The second-order valence-corrected chi connectivity index (χ2v) is 5.24. The van der Waals surface area contributed by atoms with E-state index in [1.54, 1.807) is 0 Å². The summed E-state index contributed by atoms with van der Waals surface area (Å²) in [5, 5.41) is 0. The summed E-state index contributed by atoms with van der Waals surface area (Å²) < 4.78 is 12.0. The van der Waals surface area contributed by atoms with Crippen molar-refractivity contribution in [1.82, 2.24) is 0 Å². The highest BCUT2D eigenvalue weighted by atomic mass is 16.7.